The number of rotatable bonds is 7. The quantitative estimate of drug-likeness (QED) is 0.464. The summed E-state index contributed by atoms with van der Waals surface area (Å²) in [5.41, 5.74) is 2.44. The summed E-state index contributed by atoms with van der Waals surface area (Å²) in [5, 5.41) is 1.85. The second-order valence-electron chi connectivity index (χ2n) is 6.85. The van der Waals surface area contributed by atoms with Crippen molar-refractivity contribution >= 4 is 17.8 Å². The topological polar surface area (TPSA) is 17.1 Å². The fraction of sp³-hybridized carbons (Fsp3) is 0.250. The minimum atomic E-state index is -2.77. The lowest BCUT2D eigenvalue weighted by atomic mass is 10.1. The van der Waals surface area contributed by atoms with Crippen molar-refractivity contribution in [3.8, 4) is 0 Å². The monoisotopic (exact) mass is 362 g/mol. The maximum absolute atomic E-state index is 14.4. The number of unbranched alkanes of at least 4 members (excludes halogenated alkanes) is 1. The molecule has 3 rings (SSSR count). The SMILES string of the molecule is CCCCc1ccc(C(C)P(=O)(c2ccccc2)c2ccccc2)cc1. The van der Waals surface area contributed by atoms with Crippen molar-refractivity contribution in [1.29, 1.82) is 0 Å². The summed E-state index contributed by atoms with van der Waals surface area (Å²) < 4.78 is 14.4. The molecule has 26 heavy (non-hydrogen) atoms. The lowest BCUT2D eigenvalue weighted by Crippen LogP contribution is -2.20. The normalized spacial score (nSPS) is 12.7. The molecule has 0 aromatic heterocycles. The van der Waals surface area contributed by atoms with E-state index in [2.05, 4.69) is 38.1 Å². The molecule has 0 bridgehead atoms. The first-order valence-electron chi connectivity index (χ1n) is 9.46. The van der Waals surface area contributed by atoms with Crippen LogP contribution in [0.1, 0.15) is 43.5 Å². The molecule has 0 aliphatic heterocycles. The van der Waals surface area contributed by atoms with E-state index in [1.165, 1.54) is 18.4 Å². The molecule has 3 aromatic rings. The van der Waals surface area contributed by atoms with Gasteiger partial charge in [0.15, 0.2) is 0 Å². The number of aryl methyl sites for hydroxylation is 1. The first-order valence-corrected chi connectivity index (χ1v) is 11.2. The molecular formula is C24H27OP. The van der Waals surface area contributed by atoms with Gasteiger partial charge in [-0.25, -0.2) is 0 Å². The second-order valence-corrected chi connectivity index (χ2v) is 9.97. The zero-order valence-corrected chi connectivity index (χ0v) is 16.5. The van der Waals surface area contributed by atoms with Crippen LogP contribution in [0.4, 0.5) is 0 Å². The van der Waals surface area contributed by atoms with Crippen LogP contribution in [-0.4, -0.2) is 0 Å². The molecule has 1 nitrogen and oxygen atoms in total. The molecule has 1 unspecified atom stereocenters. The van der Waals surface area contributed by atoms with Crippen molar-refractivity contribution in [2.45, 2.75) is 38.8 Å². The number of hydrogen-bond acceptors (Lipinski definition) is 1. The Bertz CT molecular complexity index is 810. The van der Waals surface area contributed by atoms with Crippen molar-refractivity contribution in [3.05, 3.63) is 96.1 Å². The van der Waals surface area contributed by atoms with Gasteiger partial charge in [-0.15, -0.1) is 0 Å². The molecule has 0 heterocycles. The van der Waals surface area contributed by atoms with Gasteiger partial charge in [0, 0.05) is 16.3 Å². The predicted octanol–water partition coefficient (Wildman–Crippen LogP) is 6.10. The minimum Gasteiger partial charge on any atom is -0.313 e. The van der Waals surface area contributed by atoms with Gasteiger partial charge in [0.1, 0.15) is 7.14 Å². The Morgan fingerprint density at radius 3 is 1.73 bits per heavy atom. The first-order chi connectivity index (χ1) is 12.7. The van der Waals surface area contributed by atoms with E-state index in [0.29, 0.717) is 0 Å². The van der Waals surface area contributed by atoms with Gasteiger partial charge in [-0.3, -0.25) is 0 Å². The van der Waals surface area contributed by atoms with Crippen LogP contribution in [0.15, 0.2) is 84.9 Å². The van der Waals surface area contributed by atoms with Crippen molar-refractivity contribution in [1.82, 2.24) is 0 Å². The van der Waals surface area contributed by atoms with E-state index < -0.39 is 7.14 Å². The molecule has 0 aliphatic carbocycles. The van der Waals surface area contributed by atoms with Gasteiger partial charge in [0.05, 0.1) is 0 Å². The molecule has 134 valence electrons. The first kappa shape index (κ1) is 18.7. The standard InChI is InChI=1S/C24H27OP/c1-3-4-11-21-16-18-22(19-17-21)20(2)26(25,23-12-7-5-8-13-23)24-14-9-6-10-15-24/h5-10,12-20H,3-4,11H2,1-2H3. The highest BCUT2D eigenvalue weighted by Gasteiger charge is 2.34. The van der Waals surface area contributed by atoms with E-state index in [-0.39, 0.29) is 5.66 Å². The lowest BCUT2D eigenvalue weighted by Gasteiger charge is -2.26. The van der Waals surface area contributed by atoms with E-state index in [0.717, 1.165) is 22.6 Å². The summed E-state index contributed by atoms with van der Waals surface area (Å²) in [7, 11) is -2.77. The fourth-order valence-corrected chi connectivity index (χ4v) is 6.46. The Kier molecular flexibility index (Phi) is 6.12. The van der Waals surface area contributed by atoms with E-state index in [1.54, 1.807) is 0 Å². The van der Waals surface area contributed by atoms with Gasteiger partial charge in [-0.05, 0) is 24.0 Å². The number of hydrogen-bond donors (Lipinski definition) is 0. The Morgan fingerprint density at radius 1 is 0.769 bits per heavy atom. The summed E-state index contributed by atoms with van der Waals surface area (Å²) in [4.78, 5) is 0. The Labute approximate surface area is 157 Å². The number of benzene rings is 3. The van der Waals surface area contributed by atoms with Crippen LogP contribution in [-0.2, 0) is 11.0 Å². The molecule has 3 aromatic carbocycles. The highest BCUT2D eigenvalue weighted by molar-refractivity contribution is 7.79. The maximum atomic E-state index is 14.4. The third-order valence-corrected chi connectivity index (χ3v) is 8.63. The van der Waals surface area contributed by atoms with Gasteiger partial charge in [0.2, 0.25) is 0 Å². The molecule has 0 amide bonds. The molecule has 0 N–H and O–H groups in total. The van der Waals surface area contributed by atoms with Gasteiger partial charge in [-0.2, -0.15) is 0 Å². The zero-order chi connectivity index (χ0) is 18.4. The van der Waals surface area contributed by atoms with Gasteiger partial charge >= 0.3 is 0 Å². The highest BCUT2D eigenvalue weighted by Crippen LogP contribution is 2.56. The van der Waals surface area contributed by atoms with Gasteiger partial charge in [-0.1, -0.05) is 105 Å². The summed E-state index contributed by atoms with van der Waals surface area (Å²) in [6.45, 7) is 4.31. The van der Waals surface area contributed by atoms with Crippen LogP contribution in [0, 0.1) is 0 Å². The summed E-state index contributed by atoms with van der Waals surface area (Å²) >= 11 is 0. The summed E-state index contributed by atoms with van der Waals surface area (Å²) in [6, 6.07) is 28.6. The maximum Gasteiger partial charge on any atom is 0.150 e. The molecule has 2 heteroatoms. The molecule has 0 spiro atoms. The van der Waals surface area contributed by atoms with Crippen LogP contribution in [0.3, 0.4) is 0 Å². The zero-order valence-electron chi connectivity index (χ0n) is 15.6. The molecular weight excluding hydrogens is 335 g/mol. The van der Waals surface area contributed by atoms with Crippen molar-refractivity contribution in [2.75, 3.05) is 0 Å². The second kappa shape index (κ2) is 8.52. The smallest absolute Gasteiger partial charge is 0.150 e. The van der Waals surface area contributed by atoms with E-state index in [4.69, 9.17) is 0 Å². The molecule has 0 radical (unpaired) electrons. The third kappa shape index (κ3) is 3.84. The molecule has 0 saturated heterocycles. The van der Waals surface area contributed by atoms with Crippen molar-refractivity contribution < 1.29 is 4.57 Å². The summed E-state index contributed by atoms with van der Waals surface area (Å²) in [5.74, 6) is 0. The minimum absolute atomic E-state index is 0.0625. The van der Waals surface area contributed by atoms with Crippen LogP contribution in [0.2, 0.25) is 0 Å². The van der Waals surface area contributed by atoms with Crippen LogP contribution < -0.4 is 10.6 Å². The average Bonchev–Trinajstić information content (AvgIpc) is 2.73. The lowest BCUT2D eigenvalue weighted by molar-refractivity contribution is 0.581. The van der Waals surface area contributed by atoms with Crippen molar-refractivity contribution in [2.24, 2.45) is 0 Å². The van der Waals surface area contributed by atoms with Crippen LogP contribution in [0.25, 0.3) is 0 Å². The Morgan fingerprint density at radius 2 is 1.27 bits per heavy atom. The Hall–Kier alpha value is -2.11. The van der Waals surface area contributed by atoms with Gasteiger partial charge in [0.25, 0.3) is 0 Å². The van der Waals surface area contributed by atoms with E-state index in [1.807, 2.05) is 60.7 Å². The average molecular weight is 362 g/mol. The highest BCUT2D eigenvalue weighted by atomic mass is 31.2. The third-order valence-electron chi connectivity index (χ3n) is 5.11. The largest absolute Gasteiger partial charge is 0.313 e. The van der Waals surface area contributed by atoms with E-state index in [9.17, 15) is 4.57 Å². The van der Waals surface area contributed by atoms with E-state index >= 15 is 0 Å². The molecule has 0 fully saturated rings. The molecule has 0 aliphatic rings. The van der Waals surface area contributed by atoms with Crippen LogP contribution >= 0.6 is 7.14 Å². The molecule has 0 saturated carbocycles. The Balaban J connectivity index is 2.01. The molecule has 1 atom stereocenters. The summed E-state index contributed by atoms with van der Waals surface area (Å²) in [6.07, 6.45) is 3.52. The van der Waals surface area contributed by atoms with Crippen LogP contribution in [0.5, 0.6) is 0 Å². The predicted molar refractivity (Wildman–Crippen MR) is 113 cm³/mol. The van der Waals surface area contributed by atoms with Gasteiger partial charge < -0.3 is 4.57 Å². The van der Waals surface area contributed by atoms with Crippen molar-refractivity contribution in [3.63, 3.8) is 0 Å². The fourth-order valence-electron chi connectivity index (χ4n) is 3.45.